The van der Waals surface area contributed by atoms with Gasteiger partial charge in [0.2, 0.25) is 0 Å². The molecular formula is C74H126O6. The molecule has 458 valence electrons. The standard InChI is InChI=1S/C74H126O6/c1-4-7-10-13-16-19-22-25-28-31-33-35-36-37-38-40-41-43-46-49-52-55-58-61-64-67-73(76)79-70-71(69-78-72(75)66-63-60-57-54-51-48-45-30-27-24-21-18-15-12-9-6-3)80-74(77)68-65-62-59-56-53-50-47-44-42-39-34-32-29-26-23-20-17-14-11-8-5-2/h7,10,16,19,21,23-26,28,30,32-35,37-38,45,71H,4-6,8-9,11-15,17-18,20,22,27,29,31,36,39-44,46-70H2,1-3H3/b10-7-,19-16-,24-21-,26-23-,28-25-,34-32-,35-33-,38-37-,45-30-. The van der Waals surface area contributed by atoms with Gasteiger partial charge < -0.3 is 14.2 Å². The summed E-state index contributed by atoms with van der Waals surface area (Å²) in [6.45, 7) is 6.51. The molecule has 0 amide bonds. The van der Waals surface area contributed by atoms with Crippen LogP contribution in [-0.2, 0) is 28.6 Å². The van der Waals surface area contributed by atoms with Gasteiger partial charge in [-0.1, -0.05) is 284 Å². The van der Waals surface area contributed by atoms with E-state index in [2.05, 4.69) is 130 Å². The second-order valence-corrected chi connectivity index (χ2v) is 22.3. The Morgan fingerprint density at radius 1 is 0.263 bits per heavy atom. The summed E-state index contributed by atoms with van der Waals surface area (Å²) in [5.74, 6) is -0.900. The van der Waals surface area contributed by atoms with Crippen molar-refractivity contribution in [1.82, 2.24) is 0 Å². The van der Waals surface area contributed by atoms with Gasteiger partial charge in [-0.15, -0.1) is 0 Å². The summed E-state index contributed by atoms with van der Waals surface area (Å²) in [4.78, 5) is 38.4. The maximum Gasteiger partial charge on any atom is 0.306 e. The van der Waals surface area contributed by atoms with E-state index in [-0.39, 0.29) is 31.1 Å². The summed E-state index contributed by atoms with van der Waals surface area (Å²) in [5.41, 5.74) is 0. The van der Waals surface area contributed by atoms with Crippen molar-refractivity contribution in [1.29, 1.82) is 0 Å². The molecule has 0 aromatic carbocycles. The van der Waals surface area contributed by atoms with Crippen LogP contribution in [0.2, 0.25) is 0 Å². The van der Waals surface area contributed by atoms with Crippen LogP contribution in [-0.4, -0.2) is 37.2 Å². The number of hydrogen-bond donors (Lipinski definition) is 0. The smallest absolute Gasteiger partial charge is 0.306 e. The van der Waals surface area contributed by atoms with Crippen LogP contribution in [0.4, 0.5) is 0 Å². The molecule has 0 rings (SSSR count). The lowest BCUT2D eigenvalue weighted by Gasteiger charge is -2.18. The quantitative estimate of drug-likeness (QED) is 0.0261. The molecule has 0 bridgehead atoms. The summed E-state index contributed by atoms with van der Waals surface area (Å²) in [7, 11) is 0. The van der Waals surface area contributed by atoms with E-state index in [9.17, 15) is 14.4 Å². The highest BCUT2D eigenvalue weighted by atomic mass is 16.6. The average Bonchev–Trinajstić information content (AvgIpc) is 3.46. The largest absolute Gasteiger partial charge is 0.462 e. The number of allylic oxidation sites excluding steroid dienone is 18. The first-order valence-electron chi connectivity index (χ1n) is 33.9. The van der Waals surface area contributed by atoms with Crippen LogP contribution in [0.5, 0.6) is 0 Å². The second kappa shape index (κ2) is 67.6. The SMILES string of the molecule is CC/C=C\C/C=C\C/C=C\C/C=C\C/C=C\CCCCCCCCCCCC(=O)OCC(COC(=O)CCCCCCC/C=C\C/C=C\CCCCCC)OC(=O)CCCCCCCCCCC/C=C\C/C=C\CCCCCCC. The van der Waals surface area contributed by atoms with Crippen LogP contribution in [0.15, 0.2) is 109 Å². The molecule has 0 N–H and O–H groups in total. The molecule has 1 unspecified atom stereocenters. The van der Waals surface area contributed by atoms with Gasteiger partial charge in [-0.2, -0.15) is 0 Å². The molecule has 0 heterocycles. The number of carbonyl (C=O) groups excluding carboxylic acids is 3. The Balaban J connectivity index is 4.39. The number of ether oxygens (including phenoxy) is 3. The summed E-state index contributed by atoms with van der Waals surface area (Å²) < 4.78 is 17.0. The van der Waals surface area contributed by atoms with E-state index in [4.69, 9.17) is 14.2 Å². The lowest BCUT2D eigenvalue weighted by Crippen LogP contribution is -2.30. The lowest BCUT2D eigenvalue weighted by molar-refractivity contribution is -0.167. The van der Waals surface area contributed by atoms with Crippen molar-refractivity contribution < 1.29 is 28.6 Å². The molecule has 0 aliphatic rings. The van der Waals surface area contributed by atoms with Crippen molar-refractivity contribution in [2.45, 2.75) is 329 Å². The van der Waals surface area contributed by atoms with E-state index in [0.717, 1.165) is 122 Å². The first-order chi connectivity index (χ1) is 39.5. The fourth-order valence-electron chi connectivity index (χ4n) is 9.41. The fourth-order valence-corrected chi connectivity index (χ4v) is 9.41. The summed E-state index contributed by atoms with van der Waals surface area (Å²) >= 11 is 0. The van der Waals surface area contributed by atoms with E-state index >= 15 is 0 Å². The monoisotopic (exact) mass is 1110 g/mol. The Hall–Kier alpha value is -3.93. The zero-order valence-corrected chi connectivity index (χ0v) is 52.6. The van der Waals surface area contributed by atoms with Gasteiger partial charge >= 0.3 is 17.9 Å². The highest BCUT2D eigenvalue weighted by Crippen LogP contribution is 2.16. The zero-order chi connectivity index (χ0) is 57.8. The van der Waals surface area contributed by atoms with E-state index in [1.54, 1.807) is 0 Å². The van der Waals surface area contributed by atoms with Crippen molar-refractivity contribution in [3.8, 4) is 0 Å². The summed E-state index contributed by atoms with van der Waals surface area (Å²) in [6, 6.07) is 0. The van der Waals surface area contributed by atoms with Crippen molar-refractivity contribution in [3.05, 3.63) is 109 Å². The van der Waals surface area contributed by atoms with Crippen LogP contribution < -0.4 is 0 Å². The third-order valence-corrected chi connectivity index (χ3v) is 14.5. The Bertz CT molecular complexity index is 1610. The molecular weight excluding hydrogens is 985 g/mol. The van der Waals surface area contributed by atoms with Crippen LogP contribution in [0.25, 0.3) is 0 Å². The Kier molecular flexibility index (Phi) is 64.3. The number of carbonyl (C=O) groups is 3. The lowest BCUT2D eigenvalue weighted by atomic mass is 10.1. The molecule has 0 aliphatic carbocycles. The molecule has 0 aliphatic heterocycles. The van der Waals surface area contributed by atoms with E-state index < -0.39 is 6.10 Å². The van der Waals surface area contributed by atoms with Crippen molar-refractivity contribution in [2.75, 3.05) is 13.2 Å². The number of hydrogen-bond acceptors (Lipinski definition) is 6. The molecule has 0 saturated carbocycles. The normalized spacial score (nSPS) is 12.8. The molecule has 0 aromatic heterocycles. The highest BCUT2D eigenvalue weighted by molar-refractivity contribution is 5.71. The first kappa shape index (κ1) is 76.1. The van der Waals surface area contributed by atoms with Gasteiger partial charge in [-0.05, 0) is 128 Å². The minimum Gasteiger partial charge on any atom is -0.462 e. The fraction of sp³-hybridized carbons (Fsp3) is 0.716. The minimum atomic E-state index is -0.793. The average molecular weight is 1110 g/mol. The maximum atomic E-state index is 12.9. The van der Waals surface area contributed by atoms with Crippen molar-refractivity contribution in [3.63, 3.8) is 0 Å². The molecule has 6 heteroatoms. The Morgan fingerprint density at radius 3 is 0.775 bits per heavy atom. The molecule has 0 aromatic rings. The zero-order valence-electron chi connectivity index (χ0n) is 52.6. The van der Waals surface area contributed by atoms with E-state index in [1.165, 1.54) is 161 Å². The number of unbranched alkanes of at least 4 members (excludes halogenated alkanes) is 32. The predicted octanol–water partition coefficient (Wildman–Crippen LogP) is 23.4. The van der Waals surface area contributed by atoms with Crippen molar-refractivity contribution in [2.24, 2.45) is 0 Å². The molecule has 0 radical (unpaired) electrons. The highest BCUT2D eigenvalue weighted by Gasteiger charge is 2.19. The third-order valence-electron chi connectivity index (χ3n) is 14.5. The molecule has 0 fully saturated rings. The van der Waals surface area contributed by atoms with E-state index in [0.29, 0.717) is 19.3 Å². The first-order valence-corrected chi connectivity index (χ1v) is 33.9. The van der Waals surface area contributed by atoms with Crippen LogP contribution in [0.3, 0.4) is 0 Å². The third kappa shape index (κ3) is 64.9. The second-order valence-electron chi connectivity index (χ2n) is 22.3. The van der Waals surface area contributed by atoms with Gasteiger partial charge in [0.15, 0.2) is 6.10 Å². The molecule has 6 nitrogen and oxygen atoms in total. The van der Waals surface area contributed by atoms with Gasteiger partial charge in [-0.25, -0.2) is 0 Å². The molecule has 0 saturated heterocycles. The number of rotatable bonds is 61. The van der Waals surface area contributed by atoms with Gasteiger partial charge in [0.05, 0.1) is 0 Å². The van der Waals surface area contributed by atoms with Crippen molar-refractivity contribution >= 4 is 17.9 Å². The van der Waals surface area contributed by atoms with Crippen LogP contribution >= 0.6 is 0 Å². The van der Waals surface area contributed by atoms with Crippen LogP contribution in [0, 0.1) is 0 Å². The van der Waals surface area contributed by atoms with Gasteiger partial charge in [0.1, 0.15) is 13.2 Å². The molecule has 1 atom stereocenters. The Morgan fingerprint density at radius 2 is 0.487 bits per heavy atom. The predicted molar refractivity (Wildman–Crippen MR) is 348 cm³/mol. The van der Waals surface area contributed by atoms with E-state index in [1.807, 2.05) is 0 Å². The summed E-state index contributed by atoms with van der Waals surface area (Å²) in [6.07, 6.45) is 92.3. The van der Waals surface area contributed by atoms with Crippen LogP contribution in [0.1, 0.15) is 323 Å². The molecule has 80 heavy (non-hydrogen) atoms. The maximum absolute atomic E-state index is 12.9. The topological polar surface area (TPSA) is 78.9 Å². The molecule has 0 spiro atoms. The van der Waals surface area contributed by atoms with Gasteiger partial charge in [0.25, 0.3) is 0 Å². The summed E-state index contributed by atoms with van der Waals surface area (Å²) in [5, 5.41) is 0. The number of esters is 3. The Labute approximate surface area is 495 Å². The minimum absolute atomic E-state index is 0.0876. The van der Waals surface area contributed by atoms with Gasteiger partial charge in [0, 0.05) is 19.3 Å². The van der Waals surface area contributed by atoms with Gasteiger partial charge in [-0.3, -0.25) is 14.4 Å².